The van der Waals surface area contributed by atoms with E-state index < -0.39 is 5.60 Å². The number of aliphatic hydroxyl groups is 1. The van der Waals surface area contributed by atoms with Crippen LogP contribution in [-0.2, 0) is 9.78 Å². The van der Waals surface area contributed by atoms with Gasteiger partial charge in [0.1, 0.15) is 11.2 Å². The first-order valence-corrected chi connectivity index (χ1v) is 12.6. The lowest BCUT2D eigenvalue weighted by atomic mass is 9.43. The monoisotopic (exact) mass is 414 g/mol. The van der Waals surface area contributed by atoms with E-state index in [9.17, 15) is 5.11 Å². The number of fused-ring (bicyclic) bond motifs is 2. The molecule has 0 aromatic rings. The van der Waals surface area contributed by atoms with Gasteiger partial charge in [-0.2, -0.15) is 0 Å². The Morgan fingerprint density at radius 2 is 1.80 bits per heavy atom. The Hall–Kier alpha value is -0.640. The van der Waals surface area contributed by atoms with E-state index >= 15 is 0 Å². The van der Waals surface area contributed by atoms with Crippen LogP contribution >= 0.6 is 0 Å². The Morgan fingerprint density at radius 3 is 2.50 bits per heavy atom. The number of aliphatic hydroxyl groups excluding tert-OH is 1. The molecule has 3 nitrogen and oxygen atoms in total. The van der Waals surface area contributed by atoms with Crippen LogP contribution in [0.15, 0.2) is 24.3 Å². The highest BCUT2D eigenvalue weighted by Crippen LogP contribution is 2.72. The van der Waals surface area contributed by atoms with Gasteiger partial charge in [-0.15, -0.1) is 0 Å². The first-order valence-electron chi connectivity index (χ1n) is 12.6. The molecule has 168 valence electrons. The summed E-state index contributed by atoms with van der Waals surface area (Å²) in [6, 6.07) is 0. The van der Waals surface area contributed by atoms with Crippen molar-refractivity contribution in [1.29, 1.82) is 0 Å². The summed E-state index contributed by atoms with van der Waals surface area (Å²) < 4.78 is 0. The van der Waals surface area contributed by atoms with Crippen LogP contribution in [0.1, 0.15) is 86.0 Å². The Labute approximate surface area is 183 Å². The number of hydrogen-bond acceptors (Lipinski definition) is 3. The van der Waals surface area contributed by atoms with Crippen molar-refractivity contribution in [3.05, 3.63) is 24.3 Å². The highest BCUT2D eigenvalue weighted by atomic mass is 17.2. The number of rotatable bonds is 4. The van der Waals surface area contributed by atoms with Crippen LogP contribution in [0.2, 0.25) is 0 Å². The van der Waals surface area contributed by atoms with E-state index in [4.69, 9.17) is 9.78 Å². The molecule has 0 aromatic carbocycles. The van der Waals surface area contributed by atoms with Crippen molar-refractivity contribution in [2.75, 3.05) is 0 Å². The minimum atomic E-state index is -0.435. The van der Waals surface area contributed by atoms with Gasteiger partial charge in [0.15, 0.2) is 0 Å². The highest BCUT2D eigenvalue weighted by Gasteiger charge is 2.74. The van der Waals surface area contributed by atoms with E-state index in [1.165, 1.54) is 32.1 Å². The Kier molecular flexibility index (Phi) is 4.90. The SMILES string of the molecule is CC(C)C/C=C/[C@@H](C)[C@H]1CC[C@@H]2[C@]1(C)CC[C@H]1[C@]23C=C[C@]2(C[C@H](O)CC[C@]12C)OO3. The van der Waals surface area contributed by atoms with E-state index in [0.29, 0.717) is 35.5 Å². The fraction of sp³-hybridized carbons (Fsp3) is 0.852. The van der Waals surface area contributed by atoms with Crippen molar-refractivity contribution in [3.8, 4) is 0 Å². The van der Waals surface area contributed by atoms with Gasteiger partial charge in [0.2, 0.25) is 0 Å². The van der Waals surface area contributed by atoms with Crippen LogP contribution in [0.3, 0.4) is 0 Å². The number of hydrogen-bond donors (Lipinski definition) is 1. The maximum Gasteiger partial charge on any atom is 0.130 e. The van der Waals surface area contributed by atoms with Gasteiger partial charge in [-0.3, -0.25) is 0 Å². The van der Waals surface area contributed by atoms with E-state index in [2.05, 4.69) is 58.9 Å². The number of allylic oxidation sites excluding steroid dienone is 2. The van der Waals surface area contributed by atoms with Crippen LogP contribution in [-0.4, -0.2) is 22.4 Å². The smallest absolute Gasteiger partial charge is 0.130 e. The highest BCUT2D eigenvalue weighted by molar-refractivity contribution is 5.33. The van der Waals surface area contributed by atoms with Crippen molar-refractivity contribution in [2.24, 2.45) is 40.4 Å². The standard InChI is InChI=1S/C27H42O3/c1-18(2)7-6-8-19(3)21-9-10-22-24(21,4)13-12-23-25(5)14-11-20(28)17-26(25)15-16-27(22,23)30-29-26/h6,8,15-16,18-23,28H,7,9-14,17H2,1-5H3/b8-6+/t19-,20-,21-,22-,23-,24-,25-,26-,27+/m1/s1. The van der Waals surface area contributed by atoms with Crippen molar-refractivity contribution in [2.45, 2.75) is 103 Å². The second-order valence-electron chi connectivity index (χ2n) is 12.3. The van der Waals surface area contributed by atoms with Gasteiger partial charge in [0.05, 0.1) is 6.10 Å². The maximum atomic E-state index is 10.4. The van der Waals surface area contributed by atoms with Crippen LogP contribution in [0.25, 0.3) is 0 Å². The summed E-state index contributed by atoms with van der Waals surface area (Å²) in [4.78, 5) is 12.7. The van der Waals surface area contributed by atoms with Crippen LogP contribution in [0.4, 0.5) is 0 Å². The van der Waals surface area contributed by atoms with Gasteiger partial charge in [-0.25, -0.2) is 9.78 Å². The molecule has 0 unspecified atom stereocenters. The molecular weight excluding hydrogens is 372 g/mol. The zero-order valence-electron chi connectivity index (χ0n) is 19.7. The molecule has 0 amide bonds. The maximum absolute atomic E-state index is 10.4. The molecule has 3 heteroatoms. The lowest BCUT2D eigenvalue weighted by Gasteiger charge is -2.69. The molecule has 9 atom stereocenters. The summed E-state index contributed by atoms with van der Waals surface area (Å²) in [6.45, 7) is 12.0. The fourth-order valence-electron chi connectivity index (χ4n) is 8.70. The fourth-order valence-corrected chi connectivity index (χ4v) is 8.70. The molecule has 2 heterocycles. The summed E-state index contributed by atoms with van der Waals surface area (Å²) in [5.74, 6) is 3.08. The van der Waals surface area contributed by atoms with Crippen molar-refractivity contribution in [1.82, 2.24) is 0 Å². The third-order valence-electron chi connectivity index (χ3n) is 10.4. The zero-order valence-corrected chi connectivity index (χ0v) is 19.7. The summed E-state index contributed by atoms with van der Waals surface area (Å²) in [5, 5.41) is 10.4. The van der Waals surface area contributed by atoms with Crippen molar-refractivity contribution in [3.63, 3.8) is 0 Å². The molecule has 2 bridgehead atoms. The third-order valence-corrected chi connectivity index (χ3v) is 10.4. The average molecular weight is 415 g/mol. The van der Waals surface area contributed by atoms with E-state index in [0.717, 1.165) is 18.8 Å². The van der Waals surface area contributed by atoms with Gasteiger partial charge < -0.3 is 5.11 Å². The van der Waals surface area contributed by atoms with Gasteiger partial charge in [-0.05, 0) is 74.2 Å². The van der Waals surface area contributed by atoms with E-state index in [1.54, 1.807) is 0 Å². The van der Waals surface area contributed by atoms with Gasteiger partial charge in [-0.1, -0.05) is 52.8 Å². The topological polar surface area (TPSA) is 38.7 Å². The Bertz CT molecular complexity index is 742. The lowest BCUT2D eigenvalue weighted by molar-refractivity contribution is -0.497. The molecule has 6 aliphatic rings. The van der Waals surface area contributed by atoms with Crippen LogP contribution < -0.4 is 0 Å². The van der Waals surface area contributed by atoms with Crippen molar-refractivity contribution < 1.29 is 14.9 Å². The molecular formula is C27H42O3. The Morgan fingerprint density at radius 1 is 1.00 bits per heavy atom. The van der Waals surface area contributed by atoms with E-state index in [-0.39, 0.29) is 17.1 Å². The largest absolute Gasteiger partial charge is 0.393 e. The first-order chi connectivity index (χ1) is 14.2. The molecule has 4 fully saturated rings. The molecule has 30 heavy (non-hydrogen) atoms. The molecule has 2 spiro atoms. The second-order valence-corrected chi connectivity index (χ2v) is 12.3. The molecule has 3 saturated carbocycles. The minimum Gasteiger partial charge on any atom is -0.393 e. The van der Waals surface area contributed by atoms with Gasteiger partial charge in [0, 0.05) is 23.7 Å². The zero-order chi connectivity index (χ0) is 21.4. The van der Waals surface area contributed by atoms with Crippen LogP contribution in [0.5, 0.6) is 0 Å². The minimum absolute atomic E-state index is 0.0709. The van der Waals surface area contributed by atoms with Crippen molar-refractivity contribution >= 4 is 0 Å². The first kappa shape index (κ1) is 21.2. The predicted molar refractivity (Wildman–Crippen MR) is 120 cm³/mol. The predicted octanol–water partition coefficient (Wildman–Crippen LogP) is 6.23. The van der Waals surface area contributed by atoms with Crippen LogP contribution in [0, 0.1) is 40.4 Å². The normalized spacial score (nSPS) is 53.0. The lowest BCUT2D eigenvalue weighted by Crippen LogP contribution is -2.73. The summed E-state index contributed by atoms with van der Waals surface area (Å²) in [6.07, 6.45) is 18.1. The molecule has 0 radical (unpaired) electrons. The molecule has 0 aromatic heterocycles. The van der Waals surface area contributed by atoms with Gasteiger partial charge in [0.25, 0.3) is 0 Å². The summed E-state index contributed by atoms with van der Waals surface area (Å²) in [7, 11) is 0. The third kappa shape index (κ3) is 2.67. The average Bonchev–Trinajstić information content (AvgIpc) is 3.05. The Balaban J connectivity index is 1.46. The summed E-state index contributed by atoms with van der Waals surface area (Å²) >= 11 is 0. The van der Waals surface area contributed by atoms with E-state index in [1.807, 2.05) is 0 Å². The second kappa shape index (κ2) is 6.93. The quantitative estimate of drug-likeness (QED) is 0.438. The molecule has 6 rings (SSSR count). The van der Waals surface area contributed by atoms with Gasteiger partial charge >= 0.3 is 0 Å². The molecule has 1 N–H and O–H groups in total. The molecule has 1 saturated heterocycles. The molecule has 4 aliphatic carbocycles. The summed E-state index contributed by atoms with van der Waals surface area (Å²) in [5.41, 5.74) is -0.341. The molecule has 2 aliphatic heterocycles.